The van der Waals surface area contributed by atoms with Crippen LogP contribution in [0.5, 0.6) is 0 Å². The Morgan fingerprint density at radius 3 is 2.75 bits per heavy atom. The largest absolute Gasteiger partial charge is 0.246 e. The number of hydrogen-bond donors (Lipinski definition) is 0. The van der Waals surface area contributed by atoms with Crippen molar-refractivity contribution in [1.82, 2.24) is 9.29 Å². The fraction of sp³-hybridized carbons (Fsp3) is 0.615. The van der Waals surface area contributed by atoms with Crippen LogP contribution in [-0.4, -0.2) is 30.8 Å². The highest BCUT2D eigenvalue weighted by Crippen LogP contribution is 2.33. The molecular weight excluding hydrogens is 364 g/mol. The quantitative estimate of drug-likeness (QED) is 0.734. The van der Waals surface area contributed by atoms with Crippen LogP contribution in [0, 0.1) is 5.41 Å². The molecule has 1 aliphatic heterocycles. The van der Waals surface area contributed by atoms with Crippen molar-refractivity contribution in [3.63, 3.8) is 0 Å². The first-order valence-electron chi connectivity index (χ1n) is 6.54. The standard InChI is InChI=1S/C13H18BrClN2O2S/c1-13(2)4-3-6-17(7-5-13)20(18,19)11-8-10(14)9-16-12(11)15/h8-9H,3-7H2,1-2H3. The van der Waals surface area contributed by atoms with Gasteiger partial charge >= 0.3 is 0 Å². The van der Waals surface area contributed by atoms with Crippen molar-refractivity contribution in [2.24, 2.45) is 5.41 Å². The Labute approximate surface area is 133 Å². The zero-order chi connectivity index (χ0) is 15.0. The molecule has 1 aromatic heterocycles. The average molecular weight is 382 g/mol. The summed E-state index contributed by atoms with van der Waals surface area (Å²) in [5.41, 5.74) is 0.184. The van der Waals surface area contributed by atoms with E-state index >= 15 is 0 Å². The predicted octanol–water partition coefficient (Wildman–Crippen LogP) is 3.70. The van der Waals surface area contributed by atoms with E-state index in [1.54, 1.807) is 0 Å². The van der Waals surface area contributed by atoms with Crippen molar-refractivity contribution in [1.29, 1.82) is 0 Å². The zero-order valence-corrected chi connectivity index (χ0v) is 14.7. The lowest BCUT2D eigenvalue weighted by Crippen LogP contribution is -2.32. The van der Waals surface area contributed by atoms with Gasteiger partial charge in [-0.05, 0) is 46.7 Å². The van der Waals surface area contributed by atoms with E-state index in [0.29, 0.717) is 17.6 Å². The molecule has 0 saturated carbocycles. The highest BCUT2D eigenvalue weighted by molar-refractivity contribution is 9.10. The molecule has 0 N–H and O–H groups in total. The average Bonchev–Trinajstić information content (AvgIpc) is 2.53. The van der Waals surface area contributed by atoms with Gasteiger partial charge in [0.15, 0.2) is 0 Å². The van der Waals surface area contributed by atoms with Crippen molar-refractivity contribution in [3.05, 3.63) is 21.9 Å². The van der Waals surface area contributed by atoms with E-state index in [2.05, 4.69) is 34.8 Å². The summed E-state index contributed by atoms with van der Waals surface area (Å²) in [5.74, 6) is 0. The molecule has 1 aliphatic rings. The fourth-order valence-electron chi connectivity index (χ4n) is 2.36. The van der Waals surface area contributed by atoms with Crippen LogP contribution in [0.25, 0.3) is 0 Å². The molecule has 7 heteroatoms. The Morgan fingerprint density at radius 1 is 1.35 bits per heavy atom. The van der Waals surface area contributed by atoms with Gasteiger partial charge in [0.1, 0.15) is 10.0 Å². The third-order valence-corrected chi connectivity index (χ3v) is 6.45. The van der Waals surface area contributed by atoms with Crippen LogP contribution in [0.2, 0.25) is 5.15 Å². The van der Waals surface area contributed by atoms with Crippen LogP contribution in [0.4, 0.5) is 0 Å². The van der Waals surface area contributed by atoms with Crippen molar-refractivity contribution < 1.29 is 8.42 Å². The van der Waals surface area contributed by atoms with Crippen LogP contribution in [0.1, 0.15) is 33.1 Å². The van der Waals surface area contributed by atoms with Gasteiger partial charge in [-0.2, -0.15) is 4.31 Å². The van der Waals surface area contributed by atoms with E-state index in [1.165, 1.54) is 16.6 Å². The monoisotopic (exact) mass is 380 g/mol. The fourth-order valence-corrected chi connectivity index (χ4v) is 4.76. The molecule has 20 heavy (non-hydrogen) atoms. The molecule has 2 heterocycles. The molecule has 112 valence electrons. The van der Waals surface area contributed by atoms with E-state index in [-0.39, 0.29) is 15.5 Å². The lowest BCUT2D eigenvalue weighted by Gasteiger charge is -2.23. The minimum absolute atomic E-state index is 0.0247. The Kier molecular flexibility index (Phi) is 4.79. The zero-order valence-electron chi connectivity index (χ0n) is 11.6. The van der Waals surface area contributed by atoms with Gasteiger partial charge in [-0.15, -0.1) is 0 Å². The third kappa shape index (κ3) is 3.53. The van der Waals surface area contributed by atoms with Gasteiger partial charge in [-0.25, -0.2) is 13.4 Å². The van der Waals surface area contributed by atoms with E-state index in [4.69, 9.17) is 11.6 Å². The minimum atomic E-state index is -3.58. The van der Waals surface area contributed by atoms with Crippen molar-refractivity contribution in [2.75, 3.05) is 13.1 Å². The van der Waals surface area contributed by atoms with Gasteiger partial charge < -0.3 is 0 Å². The molecule has 1 saturated heterocycles. The van der Waals surface area contributed by atoms with Crippen molar-refractivity contribution in [3.8, 4) is 0 Å². The second-order valence-electron chi connectivity index (χ2n) is 5.86. The molecule has 0 aliphatic carbocycles. The topological polar surface area (TPSA) is 50.3 Å². The second kappa shape index (κ2) is 5.91. The van der Waals surface area contributed by atoms with E-state index in [9.17, 15) is 8.42 Å². The SMILES string of the molecule is CC1(C)CCCN(S(=O)(=O)c2cc(Br)cnc2Cl)CC1. The minimum Gasteiger partial charge on any atom is -0.242 e. The van der Waals surface area contributed by atoms with Crippen LogP contribution in [0.15, 0.2) is 21.6 Å². The number of hydrogen-bond acceptors (Lipinski definition) is 3. The predicted molar refractivity (Wildman–Crippen MR) is 83.3 cm³/mol. The van der Waals surface area contributed by atoms with E-state index in [1.807, 2.05) is 0 Å². The van der Waals surface area contributed by atoms with Crippen molar-refractivity contribution >= 4 is 37.6 Å². The molecule has 1 fully saturated rings. The first-order valence-corrected chi connectivity index (χ1v) is 9.15. The summed E-state index contributed by atoms with van der Waals surface area (Å²) in [6.07, 6.45) is 4.24. The molecule has 0 amide bonds. The number of halogens is 2. The molecule has 2 rings (SSSR count). The first-order chi connectivity index (χ1) is 9.22. The molecule has 0 atom stereocenters. The highest BCUT2D eigenvalue weighted by atomic mass is 79.9. The van der Waals surface area contributed by atoms with Gasteiger partial charge in [0.25, 0.3) is 0 Å². The summed E-state index contributed by atoms with van der Waals surface area (Å²) >= 11 is 9.20. The maximum atomic E-state index is 12.7. The highest BCUT2D eigenvalue weighted by Gasteiger charge is 2.32. The smallest absolute Gasteiger partial charge is 0.242 e. The van der Waals surface area contributed by atoms with Gasteiger partial charge in [-0.3, -0.25) is 0 Å². The second-order valence-corrected chi connectivity index (χ2v) is 9.04. The summed E-state index contributed by atoms with van der Waals surface area (Å²) in [5, 5.41) is 0.0247. The molecular formula is C13H18BrClN2O2S. The first kappa shape index (κ1) is 16.2. The number of pyridine rings is 1. The van der Waals surface area contributed by atoms with E-state index < -0.39 is 10.0 Å². The lowest BCUT2D eigenvalue weighted by molar-refractivity contribution is 0.315. The Hall–Kier alpha value is -0.170. The van der Waals surface area contributed by atoms with Gasteiger partial charge in [0, 0.05) is 23.8 Å². The molecule has 0 aromatic carbocycles. The molecule has 0 unspecified atom stereocenters. The van der Waals surface area contributed by atoms with Crippen LogP contribution in [-0.2, 0) is 10.0 Å². The van der Waals surface area contributed by atoms with E-state index in [0.717, 1.165) is 19.3 Å². The third-order valence-electron chi connectivity index (χ3n) is 3.69. The molecule has 0 radical (unpaired) electrons. The van der Waals surface area contributed by atoms with Crippen LogP contribution >= 0.6 is 27.5 Å². The van der Waals surface area contributed by atoms with Crippen molar-refractivity contribution in [2.45, 2.75) is 38.0 Å². The number of nitrogens with zero attached hydrogens (tertiary/aromatic N) is 2. The molecule has 1 aromatic rings. The van der Waals surface area contributed by atoms with Crippen LogP contribution in [0.3, 0.4) is 0 Å². The van der Waals surface area contributed by atoms with Gasteiger partial charge in [-0.1, -0.05) is 25.4 Å². The molecule has 0 bridgehead atoms. The Balaban J connectivity index is 2.33. The summed E-state index contributed by atoms with van der Waals surface area (Å²) in [7, 11) is -3.58. The number of aromatic nitrogens is 1. The normalized spacial score (nSPS) is 20.6. The summed E-state index contributed by atoms with van der Waals surface area (Å²) in [6.45, 7) is 5.42. The maximum absolute atomic E-state index is 12.7. The molecule has 0 spiro atoms. The number of rotatable bonds is 2. The summed E-state index contributed by atoms with van der Waals surface area (Å²) in [4.78, 5) is 3.98. The van der Waals surface area contributed by atoms with Crippen LogP contribution < -0.4 is 0 Å². The lowest BCUT2D eigenvalue weighted by atomic mass is 9.85. The maximum Gasteiger partial charge on any atom is 0.246 e. The Bertz CT molecular complexity index is 604. The Morgan fingerprint density at radius 2 is 2.05 bits per heavy atom. The van der Waals surface area contributed by atoms with Gasteiger partial charge in [0.2, 0.25) is 10.0 Å². The van der Waals surface area contributed by atoms with Gasteiger partial charge in [0.05, 0.1) is 0 Å². The summed E-state index contributed by atoms with van der Waals surface area (Å²) in [6, 6.07) is 1.51. The molecule has 4 nitrogen and oxygen atoms in total. The number of sulfonamides is 1. The summed E-state index contributed by atoms with van der Waals surface area (Å²) < 4.78 is 27.5.